The van der Waals surface area contributed by atoms with Crippen LogP contribution in [0.5, 0.6) is 0 Å². The van der Waals surface area contributed by atoms with Gasteiger partial charge < -0.3 is 9.73 Å². The Balaban J connectivity index is 2.09. The summed E-state index contributed by atoms with van der Waals surface area (Å²) in [6.07, 6.45) is 5.25. The number of aryl methyl sites for hydroxylation is 1. The quantitative estimate of drug-likeness (QED) is 0.886. The van der Waals surface area contributed by atoms with Gasteiger partial charge in [0.2, 0.25) is 0 Å². The molecule has 2 rings (SSSR count). The zero-order valence-electron chi connectivity index (χ0n) is 10.7. The van der Waals surface area contributed by atoms with Gasteiger partial charge in [-0.2, -0.15) is 5.10 Å². The van der Waals surface area contributed by atoms with Crippen LogP contribution in [-0.2, 0) is 13.1 Å². The molecule has 5 nitrogen and oxygen atoms in total. The summed E-state index contributed by atoms with van der Waals surface area (Å²) >= 11 is 3.32. The lowest BCUT2D eigenvalue weighted by molar-refractivity contribution is 0.517. The first kappa shape index (κ1) is 13.9. The number of aromatic nitrogens is 2. The predicted octanol–water partition coefficient (Wildman–Crippen LogP) is 3.01. The molecule has 6 heteroatoms. The van der Waals surface area contributed by atoms with E-state index in [2.05, 4.69) is 33.3 Å². The molecule has 0 unspecified atom stereocenters. The van der Waals surface area contributed by atoms with Crippen molar-refractivity contribution in [3.05, 3.63) is 45.2 Å². The molecule has 0 aromatic carbocycles. The Morgan fingerprint density at radius 1 is 1.53 bits per heavy atom. The van der Waals surface area contributed by atoms with Crippen LogP contribution in [0.25, 0.3) is 0 Å². The fraction of sp³-hybridized carbons (Fsp3) is 0.385. The number of anilines is 1. The molecule has 0 amide bonds. The van der Waals surface area contributed by atoms with Crippen molar-refractivity contribution >= 4 is 21.6 Å². The molecule has 0 radical (unpaired) electrons. The van der Waals surface area contributed by atoms with Crippen molar-refractivity contribution < 1.29 is 4.42 Å². The van der Waals surface area contributed by atoms with Crippen molar-refractivity contribution in [2.45, 2.75) is 32.9 Å². The maximum Gasteiger partial charge on any atom is 0.283 e. The van der Waals surface area contributed by atoms with Crippen LogP contribution < -0.4 is 10.9 Å². The van der Waals surface area contributed by atoms with Gasteiger partial charge in [0, 0.05) is 6.54 Å². The standard InChI is InChI=1S/C13H16BrN3O2/c1-2-3-6-17-13(18)12(14)11(9-16-17)15-8-10-5-4-7-19-10/h4-5,7,9,15H,2-3,6,8H2,1H3. The molecule has 0 atom stereocenters. The van der Waals surface area contributed by atoms with Crippen molar-refractivity contribution in [2.24, 2.45) is 0 Å². The molecule has 19 heavy (non-hydrogen) atoms. The monoisotopic (exact) mass is 325 g/mol. The number of nitrogens with zero attached hydrogens (tertiary/aromatic N) is 2. The fourth-order valence-electron chi connectivity index (χ4n) is 1.65. The van der Waals surface area contributed by atoms with E-state index in [0.717, 1.165) is 18.6 Å². The van der Waals surface area contributed by atoms with Crippen molar-refractivity contribution in [1.82, 2.24) is 9.78 Å². The van der Waals surface area contributed by atoms with Gasteiger partial charge in [-0.3, -0.25) is 4.79 Å². The minimum atomic E-state index is -0.113. The van der Waals surface area contributed by atoms with Crippen LogP contribution in [0.3, 0.4) is 0 Å². The summed E-state index contributed by atoms with van der Waals surface area (Å²) in [5.41, 5.74) is 0.562. The lowest BCUT2D eigenvalue weighted by Crippen LogP contribution is -2.24. The minimum absolute atomic E-state index is 0.113. The SMILES string of the molecule is CCCCn1ncc(NCc2ccco2)c(Br)c1=O. The van der Waals surface area contributed by atoms with Gasteiger partial charge in [-0.1, -0.05) is 13.3 Å². The Hall–Kier alpha value is -1.56. The summed E-state index contributed by atoms with van der Waals surface area (Å²) in [6.45, 7) is 3.25. The smallest absolute Gasteiger partial charge is 0.283 e. The molecule has 0 aliphatic carbocycles. The van der Waals surface area contributed by atoms with Crippen LogP contribution in [0.4, 0.5) is 5.69 Å². The second kappa shape index (κ2) is 6.56. The van der Waals surface area contributed by atoms with Crippen molar-refractivity contribution in [1.29, 1.82) is 0 Å². The number of rotatable bonds is 6. The Morgan fingerprint density at radius 3 is 3.05 bits per heavy atom. The second-order valence-electron chi connectivity index (χ2n) is 4.19. The highest BCUT2D eigenvalue weighted by atomic mass is 79.9. The largest absolute Gasteiger partial charge is 0.467 e. The van der Waals surface area contributed by atoms with Gasteiger partial charge in [0.15, 0.2) is 0 Å². The molecular weight excluding hydrogens is 310 g/mol. The van der Waals surface area contributed by atoms with Crippen molar-refractivity contribution in [3.8, 4) is 0 Å². The molecule has 2 aromatic heterocycles. The average molecular weight is 326 g/mol. The molecule has 0 aliphatic rings. The van der Waals surface area contributed by atoms with Gasteiger partial charge in [0.05, 0.1) is 24.7 Å². The van der Waals surface area contributed by atoms with E-state index in [1.807, 2.05) is 12.1 Å². The Morgan fingerprint density at radius 2 is 2.37 bits per heavy atom. The van der Waals surface area contributed by atoms with Gasteiger partial charge >= 0.3 is 0 Å². The van der Waals surface area contributed by atoms with Crippen LogP contribution in [-0.4, -0.2) is 9.78 Å². The average Bonchev–Trinajstić information content (AvgIpc) is 2.92. The molecule has 0 spiro atoms. The summed E-state index contributed by atoms with van der Waals surface area (Å²) in [6, 6.07) is 3.70. The summed E-state index contributed by atoms with van der Waals surface area (Å²) in [5.74, 6) is 0.807. The number of halogens is 1. The molecule has 0 fully saturated rings. The molecule has 0 bridgehead atoms. The second-order valence-corrected chi connectivity index (χ2v) is 4.98. The van der Waals surface area contributed by atoms with Gasteiger partial charge in [-0.05, 0) is 34.5 Å². The van der Waals surface area contributed by atoms with E-state index in [-0.39, 0.29) is 5.56 Å². The van der Waals surface area contributed by atoms with Crippen LogP contribution in [0, 0.1) is 0 Å². The first-order valence-electron chi connectivity index (χ1n) is 6.24. The maximum absolute atomic E-state index is 12.0. The Kier molecular flexibility index (Phi) is 4.79. The molecule has 102 valence electrons. The number of unbranched alkanes of at least 4 members (excludes halogenated alkanes) is 1. The highest BCUT2D eigenvalue weighted by Gasteiger charge is 2.08. The lowest BCUT2D eigenvalue weighted by atomic mass is 10.3. The molecular formula is C13H16BrN3O2. The first-order chi connectivity index (χ1) is 9.22. The van der Waals surface area contributed by atoms with Gasteiger partial charge in [-0.25, -0.2) is 4.68 Å². The lowest BCUT2D eigenvalue weighted by Gasteiger charge is -2.09. The van der Waals surface area contributed by atoms with Crippen molar-refractivity contribution in [2.75, 3.05) is 5.32 Å². The Bertz CT molecular complexity index is 578. The summed E-state index contributed by atoms with van der Waals surface area (Å²) in [7, 11) is 0. The highest BCUT2D eigenvalue weighted by molar-refractivity contribution is 9.10. The molecule has 0 aliphatic heterocycles. The van der Waals surface area contributed by atoms with Crippen LogP contribution in [0.1, 0.15) is 25.5 Å². The van der Waals surface area contributed by atoms with E-state index in [0.29, 0.717) is 23.2 Å². The third-order valence-corrected chi connectivity index (χ3v) is 3.51. The third-order valence-electron chi connectivity index (χ3n) is 2.74. The molecule has 1 N–H and O–H groups in total. The predicted molar refractivity (Wildman–Crippen MR) is 77.1 cm³/mol. The van der Waals surface area contributed by atoms with E-state index in [1.165, 1.54) is 4.68 Å². The topological polar surface area (TPSA) is 60.1 Å². The van der Waals surface area contributed by atoms with E-state index in [9.17, 15) is 4.79 Å². The van der Waals surface area contributed by atoms with Crippen LogP contribution >= 0.6 is 15.9 Å². The summed E-state index contributed by atoms with van der Waals surface area (Å²) in [5, 5.41) is 7.28. The van der Waals surface area contributed by atoms with Crippen LogP contribution in [0.2, 0.25) is 0 Å². The van der Waals surface area contributed by atoms with Gasteiger partial charge in [0.25, 0.3) is 5.56 Å². The third kappa shape index (κ3) is 3.47. The normalized spacial score (nSPS) is 10.6. The number of nitrogens with one attached hydrogen (secondary N) is 1. The number of furan rings is 1. The molecule has 0 saturated heterocycles. The molecule has 2 heterocycles. The molecule has 2 aromatic rings. The zero-order chi connectivity index (χ0) is 13.7. The van der Waals surface area contributed by atoms with E-state index < -0.39 is 0 Å². The van der Waals surface area contributed by atoms with Crippen LogP contribution in [0.15, 0.2) is 38.3 Å². The van der Waals surface area contributed by atoms with Gasteiger partial charge in [0.1, 0.15) is 10.2 Å². The highest BCUT2D eigenvalue weighted by Crippen LogP contribution is 2.17. The number of hydrogen-bond donors (Lipinski definition) is 1. The zero-order valence-corrected chi connectivity index (χ0v) is 12.3. The number of hydrogen-bond acceptors (Lipinski definition) is 4. The van der Waals surface area contributed by atoms with E-state index >= 15 is 0 Å². The molecule has 0 saturated carbocycles. The van der Waals surface area contributed by atoms with Crippen molar-refractivity contribution in [3.63, 3.8) is 0 Å². The first-order valence-corrected chi connectivity index (χ1v) is 7.03. The van der Waals surface area contributed by atoms with E-state index in [4.69, 9.17) is 4.42 Å². The van der Waals surface area contributed by atoms with Gasteiger partial charge in [-0.15, -0.1) is 0 Å². The Labute approximate surface area is 119 Å². The minimum Gasteiger partial charge on any atom is -0.467 e. The maximum atomic E-state index is 12.0. The van der Waals surface area contributed by atoms with E-state index in [1.54, 1.807) is 12.5 Å². The fourth-order valence-corrected chi connectivity index (χ4v) is 2.10. The summed E-state index contributed by atoms with van der Waals surface area (Å²) in [4.78, 5) is 12.0. The summed E-state index contributed by atoms with van der Waals surface area (Å²) < 4.78 is 7.20.